The van der Waals surface area contributed by atoms with Crippen molar-refractivity contribution in [3.63, 3.8) is 0 Å². The van der Waals surface area contributed by atoms with Gasteiger partial charge in [-0.1, -0.05) is 45.0 Å². The number of rotatable bonds is 4. The van der Waals surface area contributed by atoms with Gasteiger partial charge < -0.3 is 10.5 Å². The Morgan fingerprint density at radius 3 is 2.19 bits per heavy atom. The van der Waals surface area contributed by atoms with Crippen LogP contribution in [-0.2, 0) is 11.8 Å². The molecule has 2 nitrogen and oxygen atoms in total. The van der Waals surface area contributed by atoms with Crippen LogP contribution in [0.15, 0.2) is 42.5 Å². The van der Waals surface area contributed by atoms with E-state index in [0.717, 1.165) is 23.5 Å². The zero-order valence-electron chi connectivity index (χ0n) is 13.4. The molecule has 2 rings (SSSR count). The number of hydrogen-bond donors (Lipinski definition) is 1. The highest BCUT2D eigenvalue weighted by molar-refractivity contribution is 5.40. The molecule has 0 atom stereocenters. The van der Waals surface area contributed by atoms with E-state index in [1.165, 1.54) is 11.1 Å². The summed E-state index contributed by atoms with van der Waals surface area (Å²) < 4.78 is 5.98. The van der Waals surface area contributed by atoms with E-state index in [-0.39, 0.29) is 5.41 Å². The normalized spacial score (nSPS) is 11.5. The fourth-order valence-electron chi connectivity index (χ4n) is 2.30. The molecule has 0 heterocycles. The monoisotopic (exact) mass is 283 g/mol. The molecule has 0 spiro atoms. The fourth-order valence-corrected chi connectivity index (χ4v) is 2.30. The molecule has 21 heavy (non-hydrogen) atoms. The average Bonchev–Trinajstić information content (AvgIpc) is 2.42. The highest BCUT2D eigenvalue weighted by atomic mass is 16.5. The zero-order chi connectivity index (χ0) is 15.5. The molecule has 0 unspecified atom stereocenters. The van der Waals surface area contributed by atoms with Crippen LogP contribution in [0.2, 0.25) is 0 Å². The molecule has 2 aromatic carbocycles. The van der Waals surface area contributed by atoms with Crippen LogP contribution in [0.3, 0.4) is 0 Å². The average molecular weight is 283 g/mol. The Morgan fingerprint density at radius 1 is 1.00 bits per heavy atom. The van der Waals surface area contributed by atoms with Gasteiger partial charge in [-0.15, -0.1) is 0 Å². The van der Waals surface area contributed by atoms with E-state index in [1.807, 2.05) is 18.2 Å². The predicted molar refractivity (Wildman–Crippen MR) is 89.2 cm³/mol. The molecular weight excluding hydrogens is 258 g/mol. The van der Waals surface area contributed by atoms with Crippen molar-refractivity contribution in [2.45, 2.75) is 39.5 Å². The van der Waals surface area contributed by atoms with Gasteiger partial charge in [0.1, 0.15) is 11.5 Å². The molecule has 0 bridgehead atoms. The first-order valence-corrected chi connectivity index (χ1v) is 7.48. The van der Waals surface area contributed by atoms with Gasteiger partial charge in [0.15, 0.2) is 0 Å². The second kappa shape index (κ2) is 6.31. The van der Waals surface area contributed by atoms with E-state index in [1.54, 1.807) is 0 Å². The molecule has 112 valence electrons. The summed E-state index contributed by atoms with van der Waals surface area (Å²) in [5.41, 5.74) is 9.46. The van der Waals surface area contributed by atoms with Crippen molar-refractivity contribution >= 4 is 0 Å². The predicted octanol–water partition coefficient (Wildman–Crippen LogP) is 4.59. The van der Waals surface area contributed by atoms with Crippen molar-refractivity contribution in [2.75, 3.05) is 6.54 Å². The standard InChI is InChI=1S/C19H25NO/c1-14-13-15(11-12-20)5-10-18(14)21-17-8-6-16(7-9-17)19(2,3)4/h5-10,13H,11-12,20H2,1-4H3. The van der Waals surface area contributed by atoms with Gasteiger partial charge in [0.25, 0.3) is 0 Å². The van der Waals surface area contributed by atoms with Crippen molar-refractivity contribution in [1.82, 2.24) is 0 Å². The van der Waals surface area contributed by atoms with Gasteiger partial charge in [0.05, 0.1) is 0 Å². The maximum absolute atomic E-state index is 5.98. The lowest BCUT2D eigenvalue weighted by Gasteiger charge is -2.19. The molecule has 0 aliphatic carbocycles. The summed E-state index contributed by atoms with van der Waals surface area (Å²) in [6, 6.07) is 14.6. The lowest BCUT2D eigenvalue weighted by atomic mass is 9.87. The summed E-state index contributed by atoms with van der Waals surface area (Å²) >= 11 is 0. The number of hydrogen-bond acceptors (Lipinski definition) is 2. The fraction of sp³-hybridized carbons (Fsp3) is 0.368. The smallest absolute Gasteiger partial charge is 0.130 e. The van der Waals surface area contributed by atoms with Gasteiger partial charge in [0.2, 0.25) is 0 Å². The molecule has 0 aromatic heterocycles. The quantitative estimate of drug-likeness (QED) is 0.891. The van der Waals surface area contributed by atoms with Crippen LogP contribution in [0.5, 0.6) is 11.5 Å². The van der Waals surface area contributed by atoms with Crippen LogP contribution < -0.4 is 10.5 Å². The lowest BCUT2D eigenvalue weighted by molar-refractivity contribution is 0.477. The van der Waals surface area contributed by atoms with Gasteiger partial charge in [-0.3, -0.25) is 0 Å². The third-order valence-electron chi connectivity index (χ3n) is 3.62. The van der Waals surface area contributed by atoms with Gasteiger partial charge in [-0.2, -0.15) is 0 Å². The van der Waals surface area contributed by atoms with Crippen LogP contribution in [0.25, 0.3) is 0 Å². The highest BCUT2D eigenvalue weighted by Gasteiger charge is 2.13. The van der Waals surface area contributed by atoms with Crippen LogP contribution in [0, 0.1) is 6.92 Å². The SMILES string of the molecule is Cc1cc(CCN)ccc1Oc1ccc(C(C)(C)C)cc1. The molecule has 0 fully saturated rings. The number of benzene rings is 2. The summed E-state index contributed by atoms with van der Waals surface area (Å²) in [7, 11) is 0. The zero-order valence-corrected chi connectivity index (χ0v) is 13.4. The minimum absolute atomic E-state index is 0.165. The highest BCUT2D eigenvalue weighted by Crippen LogP contribution is 2.28. The van der Waals surface area contributed by atoms with Crippen molar-refractivity contribution in [2.24, 2.45) is 5.73 Å². The van der Waals surface area contributed by atoms with Gasteiger partial charge in [0, 0.05) is 0 Å². The Bertz CT molecular complexity index is 594. The number of aryl methyl sites for hydroxylation is 1. The Kier molecular flexibility index (Phi) is 4.69. The third kappa shape index (κ3) is 4.08. The molecule has 0 saturated carbocycles. The van der Waals surface area contributed by atoms with Gasteiger partial charge >= 0.3 is 0 Å². The summed E-state index contributed by atoms with van der Waals surface area (Å²) in [6.07, 6.45) is 0.904. The molecule has 2 aromatic rings. The van der Waals surface area contributed by atoms with E-state index in [4.69, 9.17) is 10.5 Å². The van der Waals surface area contributed by atoms with Crippen molar-refractivity contribution in [1.29, 1.82) is 0 Å². The van der Waals surface area contributed by atoms with E-state index < -0.39 is 0 Å². The van der Waals surface area contributed by atoms with E-state index in [0.29, 0.717) is 6.54 Å². The molecule has 0 saturated heterocycles. The van der Waals surface area contributed by atoms with Crippen molar-refractivity contribution < 1.29 is 4.74 Å². The van der Waals surface area contributed by atoms with Crippen LogP contribution in [0.1, 0.15) is 37.5 Å². The minimum atomic E-state index is 0.165. The van der Waals surface area contributed by atoms with Crippen LogP contribution >= 0.6 is 0 Å². The summed E-state index contributed by atoms with van der Waals surface area (Å²) in [5.74, 6) is 1.77. The molecule has 2 N–H and O–H groups in total. The summed E-state index contributed by atoms with van der Waals surface area (Å²) in [4.78, 5) is 0. The Hall–Kier alpha value is -1.80. The van der Waals surface area contributed by atoms with E-state index in [2.05, 4.69) is 52.0 Å². The van der Waals surface area contributed by atoms with Gasteiger partial charge in [-0.25, -0.2) is 0 Å². The van der Waals surface area contributed by atoms with Gasteiger partial charge in [-0.05, 0) is 60.2 Å². The Balaban J connectivity index is 2.15. The minimum Gasteiger partial charge on any atom is -0.457 e. The van der Waals surface area contributed by atoms with E-state index >= 15 is 0 Å². The molecule has 0 radical (unpaired) electrons. The molecule has 0 aliphatic rings. The first kappa shape index (κ1) is 15.6. The largest absolute Gasteiger partial charge is 0.457 e. The molecule has 0 aliphatic heterocycles. The lowest BCUT2D eigenvalue weighted by Crippen LogP contribution is -2.10. The first-order chi connectivity index (χ1) is 9.90. The number of ether oxygens (including phenoxy) is 1. The van der Waals surface area contributed by atoms with Crippen LogP contribution in [0.4, 0.5) is 0 Å². The summed E-state index contributed by atoms with van der Waals surface area (Å²) in [6.45, 7) is 9.38. The number of nitrogens with two attached hydrogens (primary N) is 1. The second-order valence-corrected chi connectivity index (χ2v) is 6.51. The van der Waals surface area contributed by atoms with E-state index in [9.17, 15) is 0 Å². The first-order valence-electron chi connectivity index (χ1n) is 7.48. The topological polar surface area (TPSA) is 35.2 Å². The summed E-state index contributed by atoms with van der Waals surface area (Å²) in [5, 5.41) is 0. The van der Waals surface area contributed by atoms with Crippen molar-refractivity contribution in [3.8, 4) is 11.5 Å². The Morgan fingerprint density at radius 2 is 1.67 bits per heavy atom. The van der Waals surface area contributed by atoms with Crippen LogP contribution in [-0.4, -0.2) is 6.54 Å². The Labute approximate surface area is 127 Å². The van der Waals surface area contributed by atoms with Crippen molar-refractivity contribution in [3.05, 3.63) is 59.2 Å². The third-order valence-corrected chi connectivity index (χ3v) is 3.62. The molecule has 2 heteroatoms. The molecular formula is C19H25NO. The maximum Gasteiger partial charge on any atom is 0.130 e. The maximum atomic E-state index is 5.98. The molecule has 0 amide bonds. The second-order valence-electron chi connectivity index (χ2n) is 6.51.